The van der Waals surface area contributed by atoms with E-state index in [0.717, 1.165) is 0 Å². The van der Waals surface area contributed by atoms with Gasteiger partial charge in [-0.1, -0.05) is 20.1 Å². The third-order valence-electron chi connectivity index (χ3n) is 7.90. The van der Waals surface area contributed by atoms with E-state index in [1.54, 1.807) is 50.7 Å². The third kappa shape index (κ3) is 34.5. The van der Waals surface area contributed by atoms with Crippen molar-refractivity contribution in [2.45, 2.75) is 67.2 Å². The standard InChI is InChI=1S/C18H35NO7S.C11H21NO5S.C5H8O2.Al.B.HN/c1-8-18(4,14-17(2,3)15(20)25-7)16(21)26-12-11-19(5,6)10-9-13-27(22,23)24;1-10(2)11(13)17-8-7-12(3,4)6-5-9-18(14,15)16;1-4(2)5(6)7-3;;;/h8-14H2,1-7H3;1,5-9H2,2-4H3;1H2,2-3H3;;;1H. The van der Waals surface area contributed by atoms with Gasteiger partial charge in [0.05, 0.1) is 86.6 Å². The van der Waals surface area contributed by atoms with E-state index in [1.807, 2.05) is 35.1 Å². The predicted molar refractivity (Wildman–Crippen MR) is 209 cm³/mol. The van der Waals surface area contributed by atoms with E-state index in [0.29, 0.717) is 65.6 Å². The first-order valence-corrected chi connectivity index (χ1v) is 20.7. The second-order valence-electron chi connectivity index (χ2n) is 14.8. The molecule has 0 aliphatic carbocycles. The number of methoxy groups -OCH3 is 2. The zero-order chi connectivity index (χ0) is 43.8. The van der Waals surface area contributed by atoms with Crippen LogP contribution in [0.1, 0.15) is 67.2 Å². The fourth-order valence-corrected chi connectivity index (χ4v) is 5.44. The van der Waals surface area contributed by atoms with Crippen molar-refractivity contribution >= 4 is 68.6 Å². The number of carbonyl (C=O) groups excluding carboxylic acids is 4. The second kappa shape index (κ2) is 28.8. The minimum atomic E-state index is -4.21. The molecule has 0 rings (SSSR count). The Labute approximate surface area is 340 Å². The molecule has 0 spiro atoms. The summed E-state index contributed by atoms with van der Waals surface area (Å²) in [5.41, 5.74) is -0.844. The summed E-state index contributed by atoms with van der Waals surface area (Å²) in [7, 11) is 1.81. The molecule has 0 aromatic heterocycles. The van der Waals surface area contributed by atoms with Gasteiger partial charge in [0.25, 0.3) is 0 Å². The van der Waals surface area contributed by atoms with Crippen LogP contribution in [0.15, 0.2) is 24.3 Å². The predicted octanol–water partition coefficient (Wildman–Crippen LogP) is 1.94. The number of nitrogens with zero attached hydrogens (tertiary/aromatic N) is 2. The van der Waals surface area contributed by atoms with E-state index in [4.69, 9.17) is 18.6 Å². The van der Waals surface area contributed by atoms with Crippen molar-refractivity contribution in [2.24, 2.45) is 10.8 Å². The number of ether oxygens (including phenoxy) is 4. The van der Waals surface area contributed by atoms with Gasteiger partial charge >= 0.3 is 44.3 Å². The molecule has 0 aromatic rings. The van der Waals surface area contributed by atoms with Crippen LogP contribution in [0.4, 0.5) is 0 Å². The molecule has 1 N–H and O–H groups in total. The summed E-state index contributed by atoms with van der Waals surface area (Å²) in [5.74, 6) is -2.28. The zero-order valence-corrected chi connectivity index (χ0v) is 37.8. The minimum absolute atomic E-state index is 0. The normalized spacial score (nSPS) is 12.5. The maximum atomic E-state index is 12.6. The molecule has 0 aromatic carbocycles. The SMILES string of the molecule is C=C(C)C(=O)OC.C=C(C)C(=O)OCC[N+](C)(C)CCCS(=O)(=O)[O-].CCC(C)(CC(C)(C)C(=O)OC)C(=O)OCC[N+](C)(C)CCCS(=O)(=O)[O-].[B].[NH]=[Al]. The number of hydrogen-bond donors (Lipinski definition) is 1. The van der Waals surface area contributed by atoms with Gasteiger partial charge in [-0.05, 0) is 47.5 Å². The van der Waals surface area contributed by atoms with Gasteiger partial charge in [-0.25, -0.2) is 26.4 Å². The number of carbonyl (C=O) groups is 4. The number of hydrogen-bond acceptors (Lipinski definition) is 15. The van der Waals surface area contributed by atoms with Crippen LogP contribution >= 0.6 is 0 Å². The first kappa shape index (κ1) is 61.7. The maximum absolute atomic E-state index is 12.6. The molecule has 55 heavy (non-hydrogen) atoms. The quantitative estimate of drug-likeness (QED) is 0.0434. The van der Waals surface area contributed by atoms with Crippen molar-refractivity contribution in [3.63, 3.8) is 0 Å². The summed E-state index contributed by atoms with van der Waals surface area (Å²) in [5, 5.41) is 0. The van der Waals surface area contributed by atoms with Crippen LogP contribution in [0.5, 0.6) is 0 Å². The molecule has 1 unspecified atom stereocenters. The zero-order valence-electron chi connectivity index (χ0n) is 35.0. The molecule has 0 heterocycles. The molecule has 0 saturated heterocycles. The molecule has 0 bridgehead atoms. The van der Waals surface area contributed by atoms with Gasteiger partial charge in [-0.15, -0.1) is 0 Å². The molecule has 17 nitrogen and oxygen atoms in total. The molecule has 21 heteroatoms. The summed E-state index contributed by atoms with van der Waals surface area (Å²) in [6.45, 7) is 19.6. The summed E-state index contributed by atoms with van der Waals surface area (Å²) < 4.78 is 89.5. The average molecular weight is 842 g/mol. The van der Waals surface area contributed by atoms with Crippen LogP contribution in [-0.2, 0) is 58.4 Å². The Hall–Kier alpha value is -2.50. The van der Waals surface area contributed by atoms with E-state index in [2.05, 4.69) is 17.9 Å². The number of likely N-dealkylation sites (N-methyl/N-ethyl adjacent to an activating group) is 2. The molecule has 0 amide bonds. The van der Waals surface area contributed by atoms with E-state index in [9.17, 15) is 45.1 Å². The fraction of sp³-hybridized carbons (Fsp3) is 0.765. The van der Waals surface area contributed by atoms with Crippen LogP contribution in [0.3, 0.4) is 0 Å². The van der Waals surface area contributed by atoms with Crippen molar-refractivity contribution < 1.29 is 73.0 Å². The Kier molecular flexibility index (Phi) is 32.3. The second-order valence-corrected chi connectivity index (χ2v) is 17.8. The monoisotopic (exact) mass is 841 g/mol. The molecule has 0 saturated carbocycles. The summed E-state index contributed by atoms with van der Waals surface area (Å²) >= 11 is 1.67. The van der Waals surface area contributed by atoms with Crippen molar-refractivity contribution in [1.29, 1.82) is 4.35 Å². The first-order valence-electron chi connectivity index (χ1n) is 16.9. The number of quaternary nitrogens is 2. The van der Waals surface area contributed by atoms with Crippen molar-refractivity contribution in [3.05, 3.63) is 24.3 Å². The Morgan fingerprint density at radius 2 is 1.05 bits per heavy atom. The van der Waals surface area contributed by atoms with Crippen LogP contribution in [-0.4, -0.2) is 177 Å². The molecule has 0 aliphatic rings. The Morgan fingerprint density at radius 3 is 1.33 bits per heavy atom. The van der Waals surface area contributed by atoms with Gasteiger partial charge < -0.3 is 37.0 Å². The molecule has 1 atom stereocenters. The molecule has 0 fully saturated rings. The van der Waals surface area contributed by atoms with Crippen LogP contribution in [0.25, 0.3) is 0 Å². The van der Waals surface area contributed by atoms with E-state index in [1.165, 1.54) is 14.2 Å². The van der Waals surface area contributed by atoms with Gasteiger partial charge in [0.15, 0.2) is 0 Å². The van der Waals surface area contributed by atoms with Gasteiger partial charge in [-0.2, -0.15) is 0 Å². The van der Waals surface area contributed by atoms with Crippen molar-refractivity contribution in [3.8, 4) is 0 Å². The van der Waals surface area contributed by atoms with Crippen LogP contribution < -0.4 is 0 Å². The van der Waals surface area contributed by atoms with Gasteiger partial charge in [0.1, 0.15) is 26.3 Å². The van der Waals surface area contributed by atoms with Crippen LogP contribution in [0, 0.1) is 15.2 Å². The Balaban J connectivity index is -0.000000255. The molecular formula is C34H65AlBN3O14S2. The molecule has 318 valence electrons. The van der Waals surface area contributed by atoms with Gasteiger partial charge in [0, 0.05) is 43.9 Å². The number of nitrogens with one attached hydrogen (secondary N) is 1. The fourth-order valence-electron chi connectivity index (χ4n) is 4.47. The topological polar surface area (TPSA) is 243 Å². The Morgan fingerprint density at radius 1 is 0.691 bits per heavy atom. The summed E-state index contributed by atoms with van der Waals surface area (Å²) in [4.78, 5) is 45.9. The molecular weight excluding hydrogens is 776 g/mol. The van der Waals surface area contributed by atoms with Crippen LogP contribution in [0.2, 0.25) is 0 Å². The van der Waals surface area contributed by atoms with E-state index in [-0.39, 0.29) is 51.7 Å². The van der Waals surface area contributed by atoms with Crippen molar-refractivity contribution in [1.82, 2.24) is 0 Å². The third-order valence-corrected chi connectivity index (χ3v) is 9.48. The van der Waals surface area contributed by atoms with Gasteiger partial charge in [-0.3, -0.25) is 9.59 Å². The van der Waals surface area contributed by atoms with E-state index >= 15 is 0 Å². The van der Waals surface area contributed by atoms with Crippen molar-refractivity contribution in [2.75, 3.05) is 93.3 Å². The molecule has 0 aliphatic heterocycles. The van der Waals surface area contributed by atoms with Gasteiger partial charge in [0.2, 0.25) is 0 Å². The first-order chi connectivity index (χ1) is 24.3. The average Bonchev–Trinajstić information content (AvgIpc) is 3.03. The Bertz CT molecular complexity index is 1440. The van der Waals surface area contributed by atoms with E-state index < -0.39 is 42.8 Å². The summed E-state index contributed by atoms with van der Waals surface area (Å²) in [6, 6.07) is 0. The number of esters is 4. The summed E-state index contributed by atoms with van der Waals surface area (Å²) in [6.07, 6.45) is 1.38. The number of rotatable bonds is 21. The molecule has 4 radical (unpaired) electrons.